The van der Waals surface area contributed by atoms with Gasteiger partial charge < -0.3 is 20.3 Å². The molecule has 0 saturated heterocycles. The number of carbonyl (C=O) groups is 2. The van der Waals surface area contributed by atoms with E-state index in [1.54, 1.807) is 17.9 Å². The lowest BCUT2D eigenvalue weighted by atomic mass is 9.90. The monoisotopic (exact) mass is 562 g/mol. The van der Waals surface area contributed by atoms with Gasteiger partial charge >= 0.3 is 0 Å². The summed E-state index contributed by atoms with van der Waals surface area (Å²) in [6, 6.07) is 13.0. The molecule has 1 heterocycles. The van der Waals surface area contributed by atoms with Crippen LogP contribution in [0, 0.1) is 0 Å². The van der Waals surface area contributed by atoms with Crippen LogP contribution in [0.25, 0.3) is 0 Å². The van der Waals surface area contributed by atoms with Gasteiger partial charge in [0.25, 0.3) is 5.91 Å². The zero-order chi connectivity index (χ0) is 28.1. The molecule has 0 spiro atoms. The summed E-state index contributed by atoms with van der Waals surface area (Å²) in [5, 5.41) is 7.25. The second-order valence-electron chi connectivity index (χ2n) is 11.3. The summed E-state index contributed by atoms with van der Waals surface area (Å²) in [7, 11) is 0. The van der Waals surface area contributed by atoms with Gasteiger partial charge in [0, 0.05) is 53.6 Å². The van der Waals surface area contributed by atoms with Crippen LogP contribution in [-0.2, 0) is 9.53 Å². The predicted molar refractivity (Wildman–Crippen MR) is 156 cm³/mol. The summed E-state index contributed by atoms with van der Waals surface area (Å²) in [5.41, 5.74) is 2.61. The van der Waals surface area contributed by atoms with Gasteiger partial charge in [-0.25, -0.2) is 4.84 Å². The smallest absolute Gasteiger partial charge is 0.251 e. The third kappa shape index (κ3) is 8.09. The van der Waals surface area contributed by atoms with Crippen LogP contribution in [0.15, 0.2) is 42.5 Å². The van der Waals surface area contributed by atoms with E-state index in [9.17, 15) is 9.59 Å². The zero-order valence-electron chi connectivity index (χ0n) is 23.2. The van der Waals surface area contributed by atoms with Gasteiger partial charge in [-0.05, 0) is 114 Å². The van der Waals surface area contributed by atoms with Gasteiger partial charge in [-0.1, -0.05) is 11.6 Å². The van der Waals surface area contributed by atoms with Gasteiger partial charge in [0.15, 0.2) is 0 Å². The normalized spacial score (nSPS) is 17.6. The number of hydrogen-bond acceptors (Lipinski definition) is 5. The van der Waals surface area contributed by atoms with E-state index in [0.29, 0.717) is 36.6 Å². The largest absolute Gasteiger partial charge is 0.378 e. The standard InChI is InChI=1S/C29H40Cl2N4O3/c1-19-17-25(33-23-10-8-22(30)9-11-23)24-18-21(7-12-26(24)35(19)20(2)36)27(37)32-15-13-29(5,6)38-16-14-28(3,4)34-31/h7-12,18-19,25,33-34H,13-17H2,1-6H3,(H,32,37)/t19-,25+/m0/s1. The molecule has 0 aliphatic carbocycles. The highest BCUT2D eigenvalue weighted by Crippen LogP contribution is 2.39. The van der Waals surface area contributed by atoms with E-state index in [0.717, 1.165) is 23.4 Å². The van der Waals surface area contributed by atoms with Crippen molar-refractivity contribution in [3.05, 3.63) is 58.6 Å². The molecule has 9 heteroatoms. The van der Waals surface area contributed by atoms with Crippen LogP contribution < -0.4 is 20.4 Å². The third-order valence-electron chi connectivity index (χ3n) is 6.95. The highest BCUT2D eigenvalue weighted by molar-refractivity contribution is 6.30. The summed E-state index contributed by atoms with van der Waals surface area (Å²) >= 11 is 11.8. The summed E-state index contributed by atoms with van der Waals surface area (Å²) in [4.78, 5) is 30.1. The number of hydrogen-bond donors (Lipinski definition) is 3. The molecule has 0 saturated carbocycles. The maximum atomic E-state index is 13.1. The van der Waals surface area contributed by atoms with Gasteiger partial charge in [-0.3, -0.25) is 9.59 Å². The molecule has 0 radical (unpaired) electrons. The number of rotatable bonds is 11. The van der Waals surface area contributed by atoms with Crippen molar-refractivity contribution in [2.24, 2.45) is 0 Å². The molecule has 38 heavy (non-hydrogen) atoms. The number of halogens is 2. The van der Waals surface area contributed by atoms with E-state index in [-0.39, 0.29) is 29.4 Å². The van der Waals surface area contributed by atoms with E-state index >= 15 is 0 Å². The van der Waals surface area contributed by atoms with Crippen LogP contribution in [0.4, 0.5) is 11.4 Å². The first-order valence-electron chi connectivity index (χ1n) is 13.1. The number of anilines is 2. The van der Waals surface area contributed by atoms with E-state index < -0.39 is 5.60 Å². The van der Waals surface area contributed by atoms with Gasteiger partial charge in [-0.15, -0.1) is 0 Å². The molecule has 208 valence electrons. The highest BCUT2D eigenvalue weighted by Gasteiger charge is 2.33. The SMILES string of the molecule is CC(=O)N1c2ccc(C(=O)NCCC(C)(C)OCCC(C)(C)NCl)cc2[C@H](Nc2ccc(Cl)cc2)C[C@@H]1C. The second-order valence-corrected chi connectivity index (χ2v) is 11.9. The van der Waals surface area contributed by atoms with Crippen molar-refractivity contribution in [3.63, 3.8) is 0 Å². The van der Waals surface area contributed by atoms with Gasteiger partial charge in [0.05, 0.1) is 11.6 Å². The molecule has 3 rings (SSSR count). The Morgan fingerprint density at radius 3 is 2.39 bits per heavy atom. The molecule has 1 aliphatic heterocycles. The Bertz CT molecular complexity index is 1120. The number of carbonyl (C=O) groups excluding carboxylic acids is 2. The lowest BCUT2D eigenvalue weighted by molar-refractivity contribution is -0.117. The first kappa shape index (κ1) is 30.2. The Labute approximate surface area is 236 Å². The Kier molecular flexibility index (Phi) is 10.1. The van der Waals surface area contributed by atoms with Crippen LogP contribution in [0.3, 0.4) is 0 Å². The molecule has 2 amide bonds. The Balaban J connectivity index is 1.70. The van der Waals surface area contributed by atoms with Crippen molar-refractivity contribution >= 4 is 46.6 Å². The average Bonchev–Trinajstić information content (AvgIpc) is 2.84. The summed E-state index contributed by atoms with van der Waals surface area (Å²) in [6.45, 7) is 12.7. The van der Waals surface area contributed by atoms with Crippen molar-refractivity contribution in [3.8, 4) is 0 Å². The van der Waals surface area contributed by atoms with E-state index in [1.807, 2.05) is 71.0 Å². The van der Waals surface area contributed by atoms with Crippen molar-refractivity contribution in [2.45, 2.75) is 84.0 Å². The zero-order valence-corrected chi connectivity index (χ0v) is 24.7. The molecule has 0 unspecified atom stereocenters. The highest BCUT2D eigenvalue weighted by atomic mass is 35.5. The number of nitrogens with one attached hydrogen (secondary N) is 3. The van der Waals surface area contributed by atoms with Crippen molar-refractivity contribution in [1.82, 2.24) is 10.2 Å². The van der Waals surface area contributed by atoms with Crippen molar-refractivity contribution < 1.29 is 14.3 Å². The molecule has 2 aromatic rings. The lowest BCUT2D eigenvalue weighted by Gasteiger charge is -2.39. The predicted octanol–water partition coefficient (Wildman–Crippen LogP) is 6.47. The Morgan fingerprint density at radius 1 is 1.08 bits per heavy atom. The minimum absolute atomic E-state index is 0.0116. The topological polar surface area (TPSA) is 82.7 Å². The number of fused-ring (bicyclic) bond motifs is 1. The van der Waals surface area contributed by atoms with Crippen LogP contribution >= 0.6 is 23.4 Å². The number of nitrogens with zero attached hydrogens (tertiary/aromatic N) is 1. The molecule has 2 aromatic carbocycles. The molecule has 0 bridgehead atoms. The molecular weight excluding hydrogens is 523 g/mol. The third-order valence-corrected chi connectivity index (χ3v) is 7.72. The number of benzene rings is 2. The van der Waals surface area contributed by atoms with Crippen LogP contribution in [0.5, 0.6) is 0 Å². The maximum Gasteiger partial charge on any atom is 0.251 e. The fourth-order valence-corrected chi connectivity index (χ4v) is 4.87. The average molecular weight is 564 g/mol. The first-order valence-corrected chi connectivity index (χ1v) is 13.8. The molecule has 0 aromatic heterocycles. The Hall–Kier alpha value is -2.32. The number of ether oxygens (including phenoxy) is 1. The van der Waals surface area contributed by atoms with E-state index in [1.165, 1.54) is 0 Å². The van der Waals surface area contributed by atoms with Gasteiger partial charge in [-0.2, -0.15) is 0 Å². The van der Waals surface area contributed by atoms with E-state index in [2.05, 4.69) is 15.5 Å². The fraction of sp³-hybridized carbons (Fsp3) is 0.517. The minimum Gasteiger partial charge on any atom is -0.378 e. The molecular formula is C29H40Cl2N4O3. The van der Waals surface area contributed by atoms with Crippen molar-refractivity contribution in [1.29, 1.82) is 0 Å². The minimum atomic E-state index is -0.392. The first-order chi connectivity index (χ1) is 17.8. The van der Waals surface area contributed by atoms with Crippen LogP contribution in [0.1, 0.15) is 82.8 Å². The molecule has 0 fully saturated rings. The molecule has 3 N–H and O–H groups in total. The summed E-state index contributed by atoms with van der Waals surface area (Å²) < 4.78 is 6.05. The molecule has 2 atom stereocenters. The number of amides is 2. The summed E-state index contributed by atoms with van der Waals surface area (Å²) in [6.07, 6.45) is 2.14. The van der Waals surface area contributed by atoms with Crippen molar-refractivity contribution in [2.75, 3.05) is 23.4 Å². The van der Waals surface area contributed by atoms with Crippen LogP contribution in [0.2, 0.25) is 5.02 Å². The lowest BCUT2D eigenvalue weighted by Crippen LogP contribution is -2.43. The quantitative estimate of drug-likeness (QED) is 0.273. The summed E-state index contributed by atoms with van der Waals surface area (Å²) in [5.74, 6) is -0.178. The maximum absolute atomic E-state index is 13.1. The van der Waals surface area contributed by atoms with E-state index in [4.69, 9.17) is 28.1 Å². The van der Waals surface area contributed by atoms with Gasteiger partial charge in [0.2, 0.25) is 5.91 Å². The fourth-order valence-electron chi connectivity index (χ4n) is 4.65. The Morgan fingerprint density at radius 2 is 1.76 bits per heavy atom. The molecule has 1 aliphatic rings. The second kappa shape index (κ2) is 12.7. The van der Waals surface area contributed by atoms with Crippen LogP contribution in [-0.4, -0.2) is 42.1 Å². The van der Waals surface area contributed by atoms with Gasteiger partial charge in [0.1, 0.15) is 0 Å². The molecule has 7 nitrogen and oxygen atoms in total.